The fraction of sp³-hybridized carbons (Fsp3) is 0.659. The average molecular weight is 880 g/mol. The molecule has 0 saturated carbocycles. The first-order valence-corrected chi connectivity index (χ1v) is 24.6. The molecule has 342 valence electrons. The molecule has 0 bridgehead atoms. The van der Waals surface area contributed by atoms with Crippen LogP contribution in [0.25, 0.3) is 0 Å². The first-order chi connectivity index (χ1) is 28.7. The second kappa shape index (κ2) is 18.9. The molecule has 0 spiro atoms. The van der Waals surface area contributed by atoms with Crippen LogP contribution >= 0.6 is 0 Å². The van der Waals surface area contributed by atoms with Crippen LogP contribution in [0.15, 0.2) is 36.8 Å². The smallest absolute Gasteiger partial charge is 0.245 e. The maximum Gasteiger partial charge on any atom is 0.245 e. The van der Waals surface area contributed by atoms with E-state index < -0.39 is 97.8 Å². The normalized spacial score (nSPS) is 26.2. The number of rotatable bonds is 9. The number of imidazole rings is 1. The monoisotopic (exact) mass is 880 g/mol. The molecular formula is C44H69N9O8Si. The summed E-state index contributed by atoms with van der Waals surface area (Å²) in [5, 5.41) is 14.1. The molecule has 4 heterocycles. The molecule has 6 amide bonds. The second-order valence-electron chi connectivity index (χ2n) is 20.4. The number of nitrogens with one attached hydrogen (secondary N) is 6. The van der Waals surface area contributed by atoms with Crippen LogP contribution in [0.5, 0.6) is 5.75 Å². The van der Waals surface area contributed by atoms with Gasteiger partial charge in [-0.1, -0.05) is 32.9 Å². The molecule has 3 aliphatic rings. The van der Waals surface area contributed by atoms with Crippen molar-refractivity contribution in [2.24, 2.45) is 0 Å². The molecule has 7 atom stereocenters. The number of carbonyl (C=O) groups excluding carboxylic acids is 6. The lowest BCUT2D eigenvalue weighted by Gasteiger charge is -2.36. The zero-order chi connectivity index (χ0) is 45.9. The van der Waals surface area contributed by atoms with Gasteiger partial charge in [0.15, 0.2) is 8.32 Å². The van der Waals surface area contributed by atoms with Crippen LogP contribution < -0.4 is 31.3 Å². The molecule has 1 aromatic carbocycles. The molecule has 1 aromatic heterocycles. The van der Waals surface area contributed by atoms with Crippen LogP contribution in [0, 0.1) is 0 Å². The summed E-state index contributed by atoms with van der Waals surface area (Å²) in [6.45, 7) is 23.7. The largest absolute Gasteiger partial charge is 0.488 e. The van der Waals surface area contributed by atoms with Gasteiger partial charge in [-0.05, 0) is 104 Å². The Morgan fingerprint density at radius 2 is 1.53 bits per heavy atom. The van der Waals surface area contributed by atoms with Gasteiger partial charge in [0.05, 0.1) is 37.6 Å². The quantitative estimate of drug-likeness (QED) is 0.160. The molecule has 3 fully saturated rings. The minimum absolute atomic E-state index is 0.00322. The van der Waals surface area contributed by atoms with Crippen LogP contribution in [0.2, 0.25) is 18.1 Å². The minimum atomic E-state index is -2.34. The summed E-state index contributed by atoms with van der Waals surface area (Å²) < 4.78 is 12.7. The predicted octanol–water partition coefficient (Wildman–Crippen LogP) is 2.33. The molecule has 0 unspecified atom stereocenters. The van der Waals surface area contributed by atoms with Gasteiger partial charge in [0.1, 0.15) is 35.5 Å². The number of H-pyrrole nitrogens is 1. The van der Waals surface area contributed by atoms with Crippen molar-refractivity contribution in [3.63, 3.8) is 0 Å². The lowest BCUT2D eigenvalue weighted by molar-refractivity contribution is -0.136. The van der Waals surface area contributed by atoms with Gasteiger partial charge in [-0.3, -0.25) is 33.7 Å². The van der Waals surface area contributed by atoms with Crippen LogP contribution in [0.4, 0.5) is 0 Å². The zero-order valence-electron chi connectivity index (χ0n) is 38.6. The highest BCUT2D eigenvalue weighted by Crippen LogP contribution is 2.41. The maximum atomic E-state index is 14.7. The van der Waals surface area contributed by atoms with Crippen molar-refractivity contribution in [2.45, 2.75) is 166 Å². The molecular weight excluding hydrogens is 811 g/mol. The van der Waals surface area contributed by atoms with Gasteiger partial charge in [0, 0.05) is 30.3 Å². The zero-order valence-corrected chi connectivity index (χ0v) is 39.6. The number of carbonyl (C=O) groups is 6. The summed E-state index contributed by atoms with van der Waals surface area (Å²) in [4.78, 5) is 95.7. The standard InChI is InChI=1S/C44H69N9O8Si/c1-26-41(59)53-33(24-60-62(11,12)44(8,9)10)35(53)36(40(58)51-42(2,3)4)52-19-13-14-32(52)39(57)46-23-34(54)49-31(21-28-22-45-25-47-28)38(56)50-30(37(55)48-26)20-27-15-17-29(18-16-27)61-43(5,6)7/h15-18,22,25-26,30-33,35-36H,13-14,19-21,23-24H2,1-12H3,(H,45,47)(H,46,57)(H,48,55)(H,49,54)(H,50,56)(H,51,58)/t26-,30-,31-,32-,33+,35-,36+,53?/m0/s1. The highest BCUT2D eigenvalue weighted by Gasteiger charge is 2.61. The Bertz CT molecular complexity index is 1940. The number of aromatic nitrogens is 2. The third-order valence-corrected chi connectivity index (χ3v) is 16.4. The molecule has 5 rings (SSSR count). The van der Waals surface area contributed by atoms with E-state index >= 15 is 0 Å². The second-order valence-corrected chi connectivity index (χ2v) is 25.2. The fourth-order valence-electron chi connectivity index (χ4n) is 7.73. The number of hydrogen-bond acceptors (Lipinski definition) is 10. The van der Waals surface area contributed by atoms with Crippen LogP contribution in [0.3, 0.4) is 0 Å². The van der Waals surface area contributed by atoms with E-state index in [1.165, 1.54) is 12.5 Å². The first kappa shape index (κ1) is 48.2. The van der Waals surface area contributed by atoms with Gasteiger partial charge in [0.25, 0.3) is 0 Å². The molecule has 0 aliphatic carbocycles. The van der Waals surface area contributed by atoms with E-state index in [0.29, 0.717) is 36.4 Å². The van der Waals surface area contributed by atoms with Crippen molar-refractivity contribution < 1.29 is 37.9 Å². The molecule has 0 radical (unpaired) electrons. The number of ether oxygens (including phenoxy) is 1. The maximum absolute atomic E-state index is 14.7. The Hall–Kier alpha value is -4.81. The van der Waals surface area contributed by atoms with E-state index in [1.54, 1.807) is 36.1 Å². The van der Waals surface area contributed by atoms with Crippen molar-refractivity contribution in [2.75, 3.05) is 19.7 Å². The number of amides is 6. The van der Waals surface area contributed by atoms with E-state index in [9.17, 15) is 28.8 Å². The highest BCUT2D eigenvalue weighted by atomic mass is 28.4. The van der Waals surface area contributed by atoms with Gasteiger partial charge < -0.3 is 45.6 Å². The van der Waals surface area contributed by atoms with Gasteiger partial charge >= 0.3 is 0 Å². The third-order valence-electron chi connectivity index (χ3n) is 11.9. The van der Waals surface area contributed by atoms with Gasteiger partial charge in [-0.25, -0.2) is 4.98 Å². The Morgan fingerprint density at radius 1 is 0.887 bits per heavy atom. The molecule has 3 saturated heterocycles. The van der Waals surface area contributed by atoms with Crippen molar-refractivity contribution in [1.29, 1.82) is 0 Å². The first-order valence-electron chi connectivity index (χ1n) is 21.7. The summed E-state index contributed by atoms with van der Waals surface area (Å²) in [7, 11) is -2.34. The molecule has 2 aromatic rings. The number of fused-ring (bicyclic) bond motifs is 2. The average Bonchev–Trinajstić information content (AvgIpc) is 3.43. The van der Waals surface area contributed by atoms with E-state index in [4.69, 9.17) is 9.16 Å². The van der Waals surface area contributed by atoms with Crippen molar-refractivity contribution in [1.82, 2.24) is 46.4 Å². The van der Waals surface area contributed by atoms with Crippen LogP contribution in [0.1, 0.15) is 93.3 Å². The number of nitrogens with zero attached hydrogens (tertiary/aromatic N) is 3. The number of benzene rings is 1. The van der Waals surface area contributed by atoms with Crippen LogP contribution in [-0.4, -0.2) is 137 Å². The van der Waals surface area contributed by atoms with Crippen molar-refractivity contribution in [3.8, 4) is 5.75 Å². The van der Waals surface area contributed by atoms with Crippen molar-refractivity contribution >= 4 is 43.8 Å². The van der Waals surface area contributed by atoms with E-state index in [-0.39, 0.29) is 30.4 Å². The summed E-state index contributed by atoms with van der Waals surface area (Å²) in [5.41, 5.74) is 0.178. The summed E-state index contributed by atoms with van der Waals surface area (Å²) in [6.07, 6.45) is 4.03. The minimum Gasteiger partial charge on any atom is -0.488 e. The molecule has 6 N–H and O–H groups in total. The number of hydrogen-bond donors (Lipinski definition) is 6. The lowest BCUT2D eigenvalue weighted by Crippen LogP contribution is -2.60. The molecule has 3 aliphatic heterocycles. The Labute approximate surface area is 367 Å². The topological polar surface area (TPSA) is 216 Å². The SMILES string of the molecule is C[C@@H]1NC(=O)[C@H](Cc2ccc(OC(C)(C)C)cc2)NC(=O)[C@H](Cc2cnc[nH]2)NC(=O)CNC(=O)[C@@H]2CCCN2[C@@H](C(=O)NC(C)(C)C)[C@@H]2[C@@H](CO[Si](C)(C)C(C)(C)C)N2C1=O. The van der Waals surface area contributed by atoms with Gasteiger partial charge in [0.2, 0.25) is 35.4 Å². The van der Waals surface area contributed by atoms with Gasteiger partial charge in [-0.15, -0.1) is 0 Å². The molecule has 18 heteroatoms. The van der Waals surface area contributed by atoms with Gasteiger partial charge in [-0.2, -0.15) is 0 Å². The molecule has 17 nitrogen and oxygen atoms in total. The summed E-state index contributed by atoms with van der Waals surface area (Å²) >= 11 is 0. The van der Waals surface area contributed by atoms with E-state index in [0.717, 1.165) is 0 Å². The van der Waals surface area contributed by atoms with E-state index in [1.807, 2.05) is 46.4 Å². The number of aromatic amines is 1. The third kappa shape index (κ3) is 12.4. The summed E-state index contributed by atoms with van der Waals surface area (Å²) in [6, 6.07) is 0.740. The highest BCUT2D eigenvalue weighted by molar-refractivity contribution is 6.74. The summed E-state index contributed by atoms with van der Waals surface area (Å²) in [5.74, 6) is -2.50. The fourth-order valence-corrected chi connectivity index (χ4v) is 8.75. The Morgan fingerprint density at radius 3 is 2.13 bits per heavy atom. The molecule has 62 heavy (non-hydrogen) atoms. The predicted molar refractivity (Wildman–Crippen MR) is 236 cm³/mol. The van der Waals surface area contributed by atoms with Crippen LogP contribution in [-0.2, 0) is 46.0 Å². The van der Waals surface area contributed by atoms with E-state index in [2.05, 4.69) is 70.4 Å². The van der Waals surface area contributed by atoms with Crippen molar-refractivity contribution in [3.05, 3.63) is 48.0 Å². The lowest BCUT2D eigenvalue weighted by atomic mass is 10.0. The Kier molecular flexibility index (Phi) is 14.7. The Balaban J connectivity index is 1.54.